The summed E-state index contributed by atoms with van der Waals surface area (Å²) in [5, 5.41) is 4.57. The molecule has 4 heteroatoms. The number of hydrogen-bond donors (Lipinski definition) is 0. The fourth-order valence-corrected chi connectivity index (χ4v) is 16.6. The highest BCUT2D eigenvalue weighted by atomic mass is 15.2. The summed E-state index contributed by atoms with van der Waals surface area (Å²) < 4.78 is 77.8. The van der Waals surface area contributed by atoms with Crippen molar-refractivity contribution in [3.05, 3.63) is 338 Å². The molecule has 16 aromatic rings. The van der Waals surface area contributed by atoms with Gasteiger partial charge in [-0.1, -0.05) is 332 Å². The van der Waals surface area contributed by atoms with Crippen LogP contribution in [-0.2, 0) is 21.7 Å². The minimum atomic E-state index is -0.503. The molecule has 0 saturated heterocycles. The number of para-hydroxylation sites is 3. The number of fused-ring (bicyclic) bond motifs is 10. The predicted molar refractivity (Wildman–Crippen MR) is 457 cm³/mol. The molecule has 3 heterocycles. The molecular formula is C102H88BN3. The number of benzene rings is 15. The van der Waals surface area contributed by atoms with E-state index in [1.807, 2.05) is 6.07 Å². The van der Waals surface area contributed by atoms with Gasteiger partial charge in [0, 0.05) is 61.5 Å². The average Bonchev–Trinajstić information content (AvgIpc) is 0.776. The molecule has 3 nitrogen and oxygen atoms in total. The van der Waals surface area contributed by atoms with Gasteiger partial charge in [-0.2, -0.15) is 0 Å². The SMILES string of the molecule is [2H]c1c([2H])c([2H])c2c(c1[2H])c1c([2H])c([2H])c([2H])c([2H])c1n2-c1ccc2c(c1)N(c1c(-c3ccccc3)cccc1-c1ccc3c(ccc4ccccc43)c1)c1cc(C(C)(C)C)cc3c1B2c1cc(C(C)(C)C)cc(C(C)(C)C)c1N3c1c(-c2cccc(-c3ccccc3)c2)cc(C(C)(C)C)cc1-c1cccc(-c2ccccc2)c1. The van der Waals surface area contributed by atoms with Crippen LogP contribution < -0.4 is 26.2 Å². The van der Waals surface area contributed by atoms with Crippen molar-refractivity contribution in [2.75, 3.05) is 9.80 Å². The predicted octanol–water partition coefficient (Wildman–Crippen LogP) is 26.4. The van der Waals surface area contributed by atoms with Crippen LogP contribution in [0.4, 0.5) is 34.1 Å². The highest BCUT2D eigenvalue weighted by Crippen LogP contribution is 2.57. The smallest absolute Gasteiger partial charge is 0.252 e. The van der Waals surface area contributed by atoms with Crippen LogP contribution in [0.2, 0.25) is 0 Å². The first kappa shape index (κ1) is 57.7. The maximum absolute atomic E-state index is 9.93. The van der Waals surface area contributed by atoms with Crippen molar-refractivity contribution in [2.45, 2.75) is 105 Å². The topological polar surface area (TPSA) is 11.4 Å². The highest BCUT2D eigenvalue weighted by Gasteiger charge is 2.48. The molecule has 0 saturated carbocycles. The lowest BCUT2D eigenvalue weighted by atomic mass is 9.33. The van der Waals surface area contributed by atoms with Gasteiger partial charge in [0.15, 0.2) is 0 Å². The van der Waals surface area contributed by atoms with E-state index in [0.29, 0.717) is 5.69 Å². The van der Waals surface area contributed by atoms with Crippen molar-refractivity contribution >= 4 is 101 Å². The lowest BCUT2D eigenvalue weighted by Crippen LogP contribution is -2.62. The number of nitrogens with zero attached hydrogens (tertiary/aromatic N) is 3. The monoisotopic (exact) mass is 1370 g/mol. The molecule has 0 fully saturated rings. The lowest BCUT2D eigenvalue weighted by molar-refractivity contribution is 0.570. The number of anilines is 6. The van der Waals surface area contributed by atoms with Gasteiger partial charge in [0.1, 0.15) is 0 Å². The second-order valence-corrected chi connectivity index (χ2v) is 33.1. The zero-order chi connectivity index (χ0) is 79.7. The largest absolute Gasteiger partial charge is 0.310 e. The molecule has 0 aliphatic carbocycles. The summed E-state index contributed by atoms with van der Waals surface area (Å²) in [7, 11) is 0. The zero-order valence-corrected chi connectivity index (χ0v) is 62.3. The Morgan fingerprint density at radius 2 is 0.745 bits per heavy atom. The van der Waals surface area contributed by atoms with E-state index in [0.717, 1.165) is 144 Å². The summed E-state index contributed by atoms with van der Waals surface area (Å²) in [5.74, 6) is 0. The Bertz CT molecular complexity index is 6520. The van der Waals surface area contributed by atoms with E-state index in [1.54, 1.807) is 4.57 Å². The molecule has 2 aliphatic rings. The van der Waals surface area contributed by atoms with Gasteiger partial charge in [-0.25, -0.2) is 0 Å². The van der Waals surface area contributed by atoms with Crippen LogP contribution >= 0.6 is 0 Å². The van der Waals surface area contributed by atoms with Crippen molar-refractivity contribution < 1.29 is 11.0 Å². The van der Waals surface area contributed by atoms with Gasteiger partial charge in [-0.3, -0.25) is 0 Å². The summed E-state index contributed by atoms with van der Waals surface area (Å²) in [6.45, 7) is 27.4. The number of aromatic nitrogens is 1. The summed E-state index contributed by atoms with van der Waals surface area (Å²) >= 11 is 0. The molecule has 2 aliphatic heterocycles. The molecular weight excluding hydrogens is 1280 g/mol. The summed E-state index contributed by atoms with van der Waals surface area (Å²) in [6, 6.07) is 94.5. The summed E-state index contributed by atoms with van der Waals surface area (Å²) in [4.78, 5) is 5.19. The Balaban J connectivity index is 1.06. The van der Waals surface area contributed by atoms with E-state index < -0.39 is 41.7 Å². The Morgan fingerprint density at radius 3 is 1.33 bits per heavy atom. The Kier molecular flexibility index (Phi) is 13.6. The van der Waals surface area contributed by atoms with Gasteiger partial charge in [0.2, 0.25) is 0 Å². The Morgan fingerprint density at radius 1 is 0.283 bits per heavy atom. The van der Waals surface area contributed by atoms with Crippen LogP contribution in [0.1, 0.15) is 116 Å². The van der Waals surface area contributed by atoms with E-state index in [2.05, 4.69) is 354 Å². The number of hydrogen-bond acceptors (Lipinski definition) is 2. The third-order valence-electron chi connectivity index (χ3n) is 22.1. The van der Waals surface area contributed by atoms with Crippen molar-refractivity contribution in [2.24, 2.45) is 0 Å². The van der Waals surface area contributed by atoms with Crippen molar-refractivity contribution in [3.63, 3.8) is 0 Å². The van der Waals surface area contributed by atoms with E-state index in [4.69, 9.17) is 2.74 Å². The molecule has 0 amide bonds. The molecule has 1 aromatic heterocycles. The maximum Gasteiger partial charge on any atom is 0.252 e. The van der Waals surface area contributed by atoms with Gasteiger partial charge in [0.25, 0.3) is 6.71 Å². The van der Waals surface area contributed by atoms with Crippen LogP contribution in [0, 0.1) is 0 Å². The van der Waals surface area contributed by atoms with Gasteiger partial charge in [0.05, 0.1) is 33.4 Å². The molecule has 15 aromatic carbocycles. The molecule has 0 spiro atoms. The quantitative estimate of drug-likeness (QED) is 0.105. The molecule has 514 valence electrons. The molecule has 0 bridgehead atoms. The molecule has 0 unspecified atom stereocenters. The van der Waals surface area contributed by atoms with Crippen LogP contribution in [-0.4, -0.2) is 11.3 Å². The second-order valence-electron chi connectivity index (χ2n) is 33.1. The normalized spacial score (nSPS) is 14.1. The average molecular weight is 1370 g/mol. The van der Waals surface area contributed by atoms with Crippen molar-refractivity contribution in [1.82, 2.24) is 4.57 Å². The zero-order valence-electron chi connectivity index (χ0n) is 70.3. The first-order valence-corrected chi connectivity index (χ1v) is 37.2. The third-order valence-corrected chi connectivity index (χ3v) is 22.1. The lowest BCUT2D eigenvalue weighted by Gasteiger charge is -2.48. The van der Waals surface area contributed by atoms with Gasteiger partial charge < -0.3 is 14.4 Å². The molecule has 0 atom stereocenters. The van der Waals surface area contributed by atoms with Crippen LogP contribution in [0.3, 0.4) is 0 Å². The third kappa shape index (κ3) is 11.2. The molecule has 0 radical (unpaired) electrons. The first-order valence-electron chi connectivity index (χ1n) is 41.2. The van der Waals surface area contributed by atoms with Crippen LogP contribution in [0.15, 0.2) is 315 Å². The van der Waals surface area contributed by atoms with E-state index in [-0.39, 0.29) is 56.8 Å². The Labute approximate surface area is 637 Å². The first-order chi connectivity index (χ1) is 54.4. The summed E-state index contributed by atoms with van der Waals surface area (Å²) in [5.41, 5.74) is 24.9. The van der Waals surface area contributed by atoms with E-state index >= 15 is 0 Å². The minimum Gasteiger partial charge on any atom is -0.310 e. The van der Waals surface area contributed by atoms with Gasteiger partial charge in [-0.15, -0.1) is 0 Å². The van der Waals surface area contributed by atoms with E-state index in [9.17, 15) is 8.22 Å². The second kappa shape index (κ2) is 25.0. The standard InChI is InChI=1S/C102H88BN3/c1-99(2,3)75-58-85(71-40-28-38-69(55-71)65-31-16-13-17-32-65)97(86(59-75)72-41-29-39-70(56-72)66-33-18-14-19-34-66)106-94-63-77(101(7,8)9)62-93-95(94)103(89-61-76(100(4,5)6)60-87(98(89)106)102(10,11)12)88-54-52-78(104-90-47-26-24-43-83(90)84-44-25-27-48-91(84)104)64-92(88)105(93)96-81(67-35-20-15-21-36-67)45-30-46-82(96)74-51-53-80-73(57-74)50-49-68-37-22-23-42-79(68)80/h13-64H,1-12H3/i24D,25D,26D,27D,43D,44D,47D,48D. The van der Waals surface area contributed by atoms with Crippen molar-refractivity contribution in [3.8, 4) is 72.4 Å². The molecule has 0 N–H and O–H groups in total. The fraction of sp³-hybridized carbons (Fsp3) is 0.157. The van der Waals surface area contributed by atoms with Crippen LogP contribution in [0.25, 0.3) is 116 Å². The highest BCUT2D eigenvalue weighted by molar-refractivity contribution is 7.00. The fourth-order valence-electron chi connectivity index (χ4n) is 16.6. The van der Waals surface area contributed by atoms with E-state index in [1.165, 1.54) is 16.7 Å². The number of rotatable bonds is 9. The molecule has 106 heavy (non-hydrogen) atoms. The minimum absolute atomic E-state index is 0.0155. The van der Waals surface area contributed by atoms with Gasteiger partial charge >= 0.3 is 0 Å². The molecule has 18 rings (SSSR count). The summed E-state index contributed by atoms with van der Waals surface area (Å²) in [6.07, 6.45) is 0. The van der Waals surface area contributed by atoms with Crippen LogP contribution in [0.5, 0.6) is 0 Å². The maximum atomic E-state index is 9.93. The Hall–Kier alpha value is -11.7. The van der Waals surface area contributed by atoms with Gasteiger partial charge in [-0.05, 0) is 193 Å². The van der Waals surface area contributed by atoms with Crippen molar-refractivity contribution in [1.29, 1.82) is 0 Å².